The Morgan fingerprint density at radius 3 is 2.60 bits per heavy atom. The number of hydrogen-bond donors (Lipinski definition) is 1. The lowest BCUT2D eigenvalue weighted by molar-refractivity contribution is -0.117. The van der Waals surface area contributed by atoms with Gasteiger partial charge in [0.1, 0.15) is 0 Å². The second kappa shape index (κ2) is 5.17. The number of carbonyl (C=O) groups excluding carboxylic acids is 1. The Morgan fingerprint density at radius 1 is 1.15 bits per heavy atom. The Balaban J connectivity index is 1.84. The molecule has 0 radical (unpaired) electrons. The van der Waals surface area contributed by atoms with E-state index in [0.29, 0.717) is 11.4 Å². The predicted molar refractivity (Wildman–Crippen MR) is 85.3 cm³/mol. The van der Waals surface area contributed by atoms with Crippen LogP contribution >= 0.6 is 12.2 Å². The first-order valence-electron chi connectivity index (χ1n) is 6.63. The molecular formula is C17H15NOS. The van der Waals surface area contributed by atoms with Crippen molar-refractivity contribution in [3.63, 3.8) is 0 Å². The van der Waals surface area contributed by atoms with E-state index < -0.39 is 0 Å². The Kier molecular flexibility index (Phi) is 3.36. The van der Waals surface area contributed by atoms with E-state index in [0.717, 1.165) is 16.8 Å². The van der Waals surface area contributed by atoms with E-state index in [4.69, 9.17) is 12.2 Å². The molecule has 1 aliphatic carbocycles. The van der Waals surface area contributed by atoms with Gasteiger partial charge >= 0.3 is 0 Å². The van der Waals surface area contributed by atoms with Crippen molar-refractivity contribution < 1.29 is 4.79 Å². The van der Waals surface area contributed by atoms with Gasteiger partial charge in [0.05, 0.1) is 10.9 Å². The molecule has 0 amide bonds. The summed E-state index contributed by atoms with van der Waals surface area (Å²) < 4.78 is 0. The Hall–Kier alpha value is -2.00. The minimum absolute atomic E-state index is 0.177. The van der Waals surface area contributed by atoms with Gasteiger partial charge in [-0.05, 0) is 30.2 Å². The van der Waals surface area contributed by atoms with Crippen LogP contribution in [-0.4, -0.2) is 10.8 Å². The summed E-state index contributed by atoms with van der Waals surface area (Å²) >= 11 is 5.45. The van der Waals surface area contributed by atoms with Crippen LogP contribution in [-0.2, 0) is 11.2 Å². The van der Waals surface area contributed by atoms with Crippen molar-refractivity contribution in [3.8, 4) is 0 Å². The molecule has 2 nitrogen and oxygen atoms in total. The fraction of sp³-hybridized carbons (Fsp3) is 0.176. The summed E-state index contributed by atoms with van der Waals surface area (Å²) in [5.41, 5.74) is 4.26. The number of rotatable bonds is 2. The zero-order chi connectivity index (χ0) is 14.1. The Labute approximate surface area is 123 Å². The lowest BCUT2D eigenvalue weighted by Crippen LogP contribution is -2.23. The minimum Gasteiger partial charge on any atom is -0.349 e. The number of nitrogens with one attached hydrogen (secondary N) is 1. The first-order valence-corrected chi connectivity index (χ1v) is 7.04. The van der Waals surface area contributed by atoms with Gasteiger partial charge in [-0.15, -0.1) is 0 Å². The monoisotopic (exact) mass is 281 g/mol. The first-order chi connectivity index (χ1) is 9.65. The highest BCUT2D eigenvalue weighted by Crippen LogP contribution is 2.31. The van der Waals surface area contributed by atoms with Crippen molar-refractivity contribution in [2.75, 3.05) is 5.32 Å². The molecule has 0 heterocycles. The molecule has 3 heteroatoms. The molecule has 0 spiro atoms. The van der Waals surface area contributed by atoms with Gasteiger partial charge in [-0.25, -0.2) is 0 Å². The maximum Gasteiger partial charge on any atom is 0.151 e. The van der Waals surface area contributed by atoms with E-state index >= 15 is 0 Å². The number of hydrogen-bond acceptors (Lipinski definition) is 2. The third kappa shape index (κ3) is 2.37. The maximum absolute atomic E-state index is 12.2. The maximum atomic E-state index is 12.2. The van der Waals surface area contributed by atoms with E-state index in [1.165, 1.54) is 5.56 Å². The highest BCUT2D eigenvalue weighted by atomic mass is 32.1. The molecule has 2 aromatic carbocycles. The fourth-order valence-electron chi connectivity index (χ4n) is 2.58. The molecule has 0 aromatic heterocycles. The van der Waals surface area contributed by atoms with Crippen LogP contribution in [0.3, 0.4) is 0 Å². The van der Waals surface area contributed by atoms with Gasteiger partial charge in [0, 0.05) is 12.1 Å². The van der Waals surface area contributed by atoms with Gasteiger partial charge in [0.15, 0.2) is 5.78 Å². The molecule has 0 saturated carbocycles. The number of thiocarbonyl (C=S) groups is 1. The van der Waals surface area contributed by atoms with Gasteiger partial charge in [0.2, 0.25) is 0 Å². The van der Waals surface area contributed by atoms with Crippen LogP contribution in [0.5, 0.6) is 0 Å². The normalized spacial score (nSPS) is 16.9. The van der Waals surface area contributed by atoms with Crippen molar-refractivity contribution in [1.29, 1.82) is 0 Å². The van der Waals surface area contributed by atoms with Gasteiger partial charge in [-0.3, -0.25) is 4.79 Å². The van der Waals surface area contributed by atoms with Crippen LogP contribution in [0.25, 0.3) is 0 Å². The highest BCUT2D eigenvalue weighted by Gasteiger charge is 2.33. The predicted octanol–water partition coefficient (Wildman–Crippen LogP) is 3.64. The molecule has 0 bridgehead atoms. The van der Waals surface area contributed by atoms with Crippen LogP contribution in [0.2, 0.25) is 0 Å². The third-order valence-electron chi connectivity index (χ3n) is 3.63. The van der Waals surface area contributed by atoms with E-state index in [-0.39, 0.29) is 11.7 Å². The molecule has 0 fully saturated rings. The van der Waals surface area contributed by atoms with Crippen LogP contribution in [0.15, 0.2) is 48.5 Å². The van der Waals surface area contributed by atoms with Crippen LogP contribution in [0.1, 0.15) is 22.6 Å². The lowest BCUT2D eigenvalue weighted by Gasteiger charge is -2.14. The number of benzene rings is 2. The summed E-state index contributed by atoms with van der Waals surface area (Å²) in [6, 6.07) is 15.9. The molecule has 0 aliphatic heterocycles. The zero-order valence-electron chi connectivity index (χ0n) is 11.2. The average molecular weight is 281 g/mol. The summed E-state index contributed by atoms with van der Waals surface area (Å²) in [7, 11) is 0. The molecule has 2 aromatic rings. The van der Waals surface area contributed by atoms with E-state index in [9.17, 15) is 4.79 Å². The molecule has 1 aliphatic rings. The van der Waals surface area contributed by atoms with E-state index in [2.05, 4.69) is 5.32 Å². The SMILES string of the molecule is Cc1ccc(NC(=S)C2C(=O)Cc3ccccc32)cc1. The second-order valence-electron chi connectivity index (χ2n) is 5.13. The number of carbonyl (C=O) groups is 1. The van der Waals surface area contributed by atoms with Crippen LogP contribution < -0.4 is 5.32 Å². The molecule has 1 unspecified atom stereocenters. The van der Waals surface area contributed by atoms with Crippen molar-refractivity contribution in [3.05, 3.63) is 65.2 Å². The van der Waals surface area contributed by atoms with Crippen molar-refractivity contribution in [2.24, 2.45) is 0 Å². The number of Topliss-reactive ketones (excluding diaryl/α,β-unsaturated/α-hetero) is 1. The van der Waals surface area contributed by atoms with Crippen LogP contribution in [0, 0.1) is 6.92 Å². The summed E-state index contributed by atoms with van der Waals surface area (Å²) in [4.78, 5) is 12.8. The molecule has 1 N–H and O–H groups in total. The molecule has 100 valence electrons. The molecular weight excluding hydrogens is 266 g/mol. The summed E-state index contributed by atoms with van der Waals surface area (Å²) in [6.07, 6.45) is 0.483. The van der Waals surface area contributed by atoms with Crippen molar-refractivity contribution in [1.82, 2.24) is 0 Å². The number of ketones is 1. The van der Waals surface area contributed by atoms with Crippen molar-refractivity contribution >= 4 is 28.7 Å². The Morgan fingerprint density at radius 2 is 1.85 bits per heavy atom. The van der Waals surface area contributed by atoms with Gasteiger partial charge in [-0.2, -0.15) is 0 Å². The fourth-order valence-corrected chi connectivity index (χ4v) is 2.96. The highest BCUT2D eigenvalue weighted by molar-refractivity contribution is 7.80. The van der Waals surface area contributed by atoms with Gasteiger partial charge in [0.25, 0.3) is 0 Å². The number of fused-ring (bicyclic) bond motifs is 1. The smallest absolute Gasteiger partial charge is 0.151 e. The van der Waals surface area contributed by atoms with Gasteiger partial charge in [-0.1, -0.05) is 54.2 Å². The first kappa shape index (κ1) is 13.0. The van der Waals surface area contributed by atoms with E-state index in [1.54, 1.807) is 0 Å². The lowest BCUT2D eigenvalue weighted by atomic mass is 10.0. The molecule has 3 rings (SSSR count). The second-order valence-corrected chi connectivity index (χ2v) is 5.57. The van der Waals surface area contributed by atoms with E-state index in [1.807, 2.05) is 55.5 Å². The summed E-state index contributed by atoms with van der Waals surface area (Å²) in [5, 5.41) is 3.19. The zero-order valence-corrected chi connectivity index (χ0v) is 12.0. The molecule has 20 heavy (non-hydrogen) atoms. The topological polar surface area (TPSA) is 29.1 Å². The molecule has 0 saturated heterocycles. The summed E-state index contributed by atoms with van der Waals surface area (Å²) in [6.45, 7) is 2.04. The Bertz CT molecular complexity index is 676. The van der Waals surface area contributed by atoms with Crippen LogP contribution in [0.4, 0.5) is 5.69 Å². The van der Waals surface area contributed by atoms with Crippen molar-refractivity contribution in [2.45, 2.75) is 19.3 Å². The molecule has 1 atom stereocenters. The number of aryl methyl sites for hydroxylation is 1. The quantitative estimate of drug-likeness (QED) is 0.852. The summed E-state index contributed by atoms with van der Waals surface area (Å²) in [5.74, 6) is -0.127. The minimum atomic E-state index is -0.303. The third-order valence-corrected chi connectivity index (χ3v) is 3.97. The standard InChI is InChI=1S/C17H15NOS/c1-11-6-8-13(9-7-11)18-17(20)16-14-5-3-2-4-12(14)10-15(16)19/h2-9,16H,10H2,1H3,(H,18,20). The largest absolute Gasteiger partial charge is 0.349 e. The average Bonchev–Trinajstić information content (AvgIpc) is 2.77. The number of anilines is 1. The van der Waals surface area contributed by atoms with Gasteiger partial charge < -0.3 is 5.32 Å².